The van der Waals surface area contributed by atoms with E-state index in [-0.39, 0.29) is 11.0 Å². The van der Waals surface area contributed by atoms with Crippen molar-refractivity contribution in [1.29, 1.82) is 0 Å². The summed E-state index contributed by atoms with van der Waals surface area (Å²) in [6.07, 6.45) is 1.03. The van der Waals surface area contributed by atoms with Crippen molar-refractivity contribution in [2.75, 3.05) is 0 Å². The molecule has 0 bridgehead atoms. The van der Waals surface area contributed by atoms with Crippen LogP contribution < -0.4 is 0 Å². The van der Waals surface area contributed by atoms with Crippen LogP contribution in [0.25, 0.3) is 0 Å². The molecule has 0 N–H and O–H groups in total. The fraction of sp³-hybridized carbons (Fsp3) is 0.0769. The van der Waals surface area contributed by atoms with Crippen LogP contribution in [0, 0.1) is 0 Å². The maximum atomic E-state index is 2.16. The Morgan fingerprint density at radius 3 is 1.29 bits per heavy atom. The van der Waals surface area contributed by atoms with Crippen molar-refractivity contribution in [3.8, 4) is 0 Å². The van der Waals surface area contributed by atoms with Crippen LogP contribution in [-0.4, -0.2) is 11.0 Å². The van der Waals surface area contributed by atoms with Gasteiger partial charge in [0.2, 0.25) is 0 Å². The Kier molecular flexibility index (Phi) is 4.14. The zero-order chi connectivity index (χ0) is 8.93. The minimum atomic E-state index is 0. The van der Waals surface area contributed by atoms with Gasteiger partial charge in [-0.25, -0.2) is 0 Å². The first-order valence-electron chi connectivity index (χ1n) is 4.53. The Balaban J connectivity index is 0.000000980. The lowest BCUT2D eigenvalue weighted by Crippen LogP contribution is -1.85. The quantitative estimate of drug-likeness (QED) is 0.649. The van der Waals surface area contributed by atoms with Crippen molar-refractivity contribution in [3.05, 3.63) is 71.8 Å². The predicted molar refractivity (Wildman–Crippen MR) is 67.0 cm³/mol. The second-order valence-electron chi connectivity index (χ2n) is 3.15. The summed E-state index contributed by atoms with van der Waals surface area (Å²) < 4.78 is 0. The Morgan fingerprint density at radius 1 is 0.571 bits per heavy atom. The maximum Gasteiger partial charge on any atom is -0.00258 e. The molecule has 0 heterocycles. The van der Waals surface area contributed by atoms with Crippen LogP contribution in [0.2, 0.25) is 0 Å². The molecular weight excluding hydrogens is 184 g/mol. The molecule has 0 atom stereocenters. The topological polar surface area (TPSA) is 0 Å². The highest BCUT2D eigenvalue weighted by Gasteiger charge is 1.92. The van der Waals surface area contributed by atoms with E-state index in [1.807, 2.05) is 0 Å². The molecular formula is C13H16Si. The number of hydrogen-bond donors (Lipinski definition) is 0. The Bertz CT molecular complexity index is 316. The molecule has 0 saturated heterocycles. The van der Waals surface area contributed by atoms with E-state index < -0.39 is 0 Å². The van der Waals surface area contributed by atoms with Gasteiger partial charge in [-0.1, -0.05) is 60.7 Å². The summed E-state index contributed by atoms with van der Waals surface area (Å²) in [6.45, 7) is 0. The van der Waals surface area contributed by atoms with Crippen LogP contribution in [0.1, 0.15) is 11.1 Å². The molecule has 0 aromatic heterocycles. The van der Waals surface area contributed by atoms with Crippen LogP contribution in [0.15, 0.2) is 60.7 Å². The predicted octanol–water partition coefficient (Wildman–Crippen LogP) is 1.83. The minimum Gasteiger partial charge on any atom is -0.0622 e. The molecule has 14 heavy (non-hydrogen) atoms. The van der Waals surface area contributed by atoms with Crippen molar-refractivity contribution >= 4 is 11.0 Å². The summed E-state index contributed by atoms with van der Waals surface area (Å²) in [7, 11) is 0. The lowest BCUT2D eigenvalue weighted by Gasteiger charge is -2.00. The van der Waals surface area contributed by atoms with Crippen LogP contribution in [0.4, 0.5) is 0 Å². The van der Waals surface area contributed by atoms with Gasteiger partial charge in [0.1, 0.15) is 0 Å². The highest BCUT2D eigenvalue weighted by atomic mass is 28.1. The van der Waals surface area contributed by atoms with E-state index >= 15 is 0 Å². The van der Waals surface area contributed by atoms with Gasteiger partial charge >= 0.3 is 0 Å². The first-order chi connectivity index (χ1) is 6.45. The average Bonchev–Trinajstić information content (AvgIpc) is 2.21. The van der Waals surface area contributed by atoms with E-state index in [2.05, 4.69) is 60.7 Å². The third-order valence-corrected chi connectivity index (χ3v) is 2.09. The van der Waals surface area contributed by atoms with Gasteiger partial charge in [0.25, 0.3) is 0 Å². The highest BCUT2D eigenvalue weighted by molar-refractivity contribution is 5.75. The van der Waals surface area contributed by atoms with Gasteiger partial charge in [0.15, 0.2) is 0 Å². The zero-order valence-corrected chi connectivity index (χ0v) is 7.48. The molecule has 0 nitrogen and oxygen atoms in total. The van der Waals surface area contributed by atoms with E-state index in [0.29, 0.717) is 0 Å². The van der Waals surface area contributed by atoms with Crippen LogP contribution in [0.3, 0.4) is 0 Å². The molecule has 0 fully saturated rings. The van der Waals surface area contributed by atoms with Gasteiger partial charge in [-0.3, -0.25) is 0 Å². The normalized spacial score (nSPS) is 9.14. The van der Waals surface area contributed by atoms with E-state index in [1.165, 1.54) is 11.1 Å². The standard InChI is InChI=1S/C13H12.H4Si/c1-3-7-12(8-4-1)11-13-9-5-2-6-10-13;/h1-10H,11H2;1H4. The minimum absolute atomic E-state index is 0. The molecule has 0 aliphatic heterocycles. The molecule has 2 aromatic carbocycles. The molecule has 0 unspecified atom stereocenters. The Hall–Kier alpha value is -1.34. The second-order valence-corrected chi connectivity index (χ2v) is 3.15. The van der Waals surface area contributed by atoms with E-state index in [0.717, 1.165) is 6.42 Å². The molecule has 72 valence electrons. The number of hydrogen-bond acceptors (Lipinski definition) is 0. The smallest absolute Gasteiger partial charge is 0.00258 e. The number of benzene rings is 2. The summed E-state index contributed by atoms with van der Waals surface area (Å²) in [5.41, 5.74) is 2.74. The van der Waals surface area contributed by atoms with E-state index in [1.54, 1.807) is 0 Å². The SMILES string of the molecule is [SiH4].c1ccc(Cc2ccccc2)cc1. The largest absolute Gasteiger partial charge is 0.0622 e. The van der Waals surface area contributed by atoms with Gasteiger partial charge in [-0.2, -0.15) is 0 Å². The Labute approximate surface area is 89.6 Å². The third-order valence-electron chi connectivity index (χ3n) is 2.09. The Morgan fingerprint density at radius 2 is 0.929 bits per heavy atom. The van der Waals surface area contributed by atoms with Gasteiger partial charge < -0.3 is 0 Å². The van der Waals surface area contributed by atoms with Crippen LogP contribution >= 0.6 is 0 Å². The van der Waals surface area contributed by atoms with E-state index in [4.69, 9.17) is 0 Å². The van der Waals surface area contributed by atoms with Gasteiger partial charge in [0.05, 0.1) is 0 Å². The van der Waals surface area contributed by atoms with Gasteiger partial charge in [-0.15, -0.1) is 0 Å². The molecule has 1 heteroatoms. The summed E-state index contributed by atoms with van der Waals surface area (Å²) in [6, 6.07) is 21.1. The second kappa shape index (κ2) is 5.40. The fourth-order valence-electron chi connectivity index (χ4n) is 1.43. The van der Waals surface area contributed by atoms with Crippen molar-refractivity contribution in [2.45, 2.75) is 6.42 Å². The first-order valence-corrected chi connectivity index (χ1v) is 4.53. The molecule has 0 saturated carbocycles. The molecule has 2 rings (SSSR count). The van der Waals surface area contributed by atoms with Crippen molar-refractivity contribution in [3.63, 3.8) is 0 Å². The van der Waals surface area contributed by atoms with Crippen molar-refractivity contribution < 1.29 is 0 Å². The molecule has 0 radical (unpaired) electrons. The van der Waals surface area contributed by atoms with E-state index in [9.17, 15) is 0 Å². The summed E-state index contributed by atoms with van der Waals surface area (Å²) in [5, 5.41) is 0. The first kappa shape index (κ1) is 10.7. The third kappa shape index (κ3) is 2.86. The van der Waals surface area contributed by atoms with Gasteiger partial charge in [-0.05, 0) is 28.5 Å². The molecule has 2 aromatic rings. The van der Waals surface area contributed by atoms with Crippen LogP contribution in [-0.2, 0) is 6.42 Å². The van der Waals surface area contributed by atoms with Gasteiger partial charge in [0, 0.05) is 0 Å². The summed E-state index contributed by atoms with van der Waals surface area (Å²) >= 11 is 0. The molecule has 0 spiro atoms. The fourth-order valence-corrected chi connectivity index (χ4v) is 1.43. The van der Waals surface area contributed by atoms with Crippen molar-refractivity contribution in [2.24, 2.45) is 0 Å². The molecule has 0 amide bonds. The lowest BCUT2D eigenvalue weighted by atomic mass is 10.1. The highest BCUT2D eigenvalue weighted by Crippen LogP contribution is 2.07. The lowest BCUT2D eigenvalue weighted by molar-refractivity contribution is 1.19. The monoisotopic (exact) mass is 200 g/mol. The number of rotatable bonds is 2. The molecule has 0 aliphatic rings. The van der Waals surface area contributed by atoms with Crippen LogP contribution in [0.5, 0.6) is 0 Å². The average molecular weight is 200 g/mol. The summed E-state index contributed by atoms with van der Waals surface area (Å²) in [4.78, 5) is 0. The van der Waals surface area contributed by atoms with Crippen molar-refractivity contribution in [1.82, 2.24) is 0 Å². The maximum absolute atomic E-state index is 2.16. The zero-order valence-electron chi connectivity index (χ0n) is 7.48. The summed E-state index contributed by atoms with van der Waals surface area (Å²) in [5.74, 6) is 0. The molecule has 0 aliphatic carbocycles.